The molecule has 0 aliphatic carbocycles. The Balaban J connectivity index is 1.81. The Kier molecular flexibility index (Phi) is 4.24. The van der Waals surface area contributed by atoms with E-state index in [1.807, 2.05) is 37.5 Å². The lowest BCUT2D eigenvalue weighted by Crippen LogP contribution is -2.05. The highest BCUT2D eigenvalue weighted by Gasteiger charge is 2.18. The molecule has 3 aromatic rings. The molecule has 1 N–H and O–H groups in total. The van der Waals surface area contributed by atoms with Gasteiger partial charge in [0, 0.05) is 37.1 Å². The number of anilines is 1. The van der Waals surface area contributed by atoms with Gasteiger partial charge in [-0.2, -0.15) is 5.10 Å². The molecule has 0 saturated heterocycles. The first-order valence-electron chi connectivity index (χ1n) is 7.46. The number of nitrogens with one attached hydrogen (secondary N) is 1. The van der Waals surface area contributed by atoms with E-state index in [4.69, 9.17) is 0 Å². The summed E-state index contributed by atoms with van der Waals surface area (Å²) in [6.45, 7) is 2.15. The molecular formula is C17H17N5O2. The van der Waals surface area contributed by atoms with E-state index < -0.39 is 4.92 Å². The van der Waals surface area contributed by atoms with Crippen molar-refractivity contribution in [1.29, 1.82) is 0 Å². The molecule has 3 rings (SSSR count). The molecule has 2 aromatic heterocycles. The maximum Gasteiger partial charge on any atom is 0.314 e. The Morgan fingerprint density at radius 2 is 2.12 bits per heavy atom. The largest absolute Gasteiger partial charge is 0.360 e. The first-order chi connectivity index (χ1) is 11.5. The van der Waals surface area contributed by atoms with E-state index in [1.165, 1.54) is 0 Å². The quantitative estimate of drug-likeness (QED) is 0.575. The van der Waals surface area contributed by atoms with Gasteiger partial charge in [0.05, 0.1) is 11.1 Å². The lowest BCUT2D eigenvalue weighted by atomic mass is 10.1. The second-order valence-electron chi connectivity index (χ2n) is 5.54. The third-order valence-corrected chi connectivity index (χ3v) is 3.73. The summed E-state index contributed by atoms with van der Waals surface area (Å²) in [5, 5.41) is 18.4. The van der Waals surface area contributed by atoms with Gasteiger partial charge < -0.3 is 5.32 Å². The van der Waals surface area contributed by atoms with Crippen molar-refractivity contribution in [3.05, 3.63) is 70.2 Å². The molecule has 2 heterocycles. The lowest BCUT2D eigenvalue weighted by Gasteiger charge is -2.08. The fourth-order valence-electron chi connectivity index (χ4n) is 2.53. The molecule has 7 heteroatoms. The van der Waals surface area contributed by atoms with E-state index in [9.17, 15) is 10.1 Å². The number of nitrogens with zero attached hydrogens (tertiary/aromatic N) is 4. The Bertz CT molecular complexity index is 888. The van der Waals surface area contributed by atoms with Gasteiger partial charge in [-0.3, -0.25) is 14.8 Å². The minimum Gasteiger partial charge on any atom is -0.360 e. The van der Waals surface area contributed by atoms with Gasteiger partial charge in [0.1, 0.15) is 0 Å². The number of aromatic nitrogens is 3. The van der Waals surface area contributed by atoms with Crippen molar-refractivity contribution in [1.82, 2.24) is 14.8 Å². The van der Waals surface area contributed by atoms with Gasteiger partial charge in [-0.1, -0.05) is 18.2 Å². The fourth-order valence-corrected chi connectivity index (χ4v) is 2.53. The first-order valence-corrected chi connectivity index (χ1v) is 7.46. The number of nitro groups is 1. The van der Waals surface area contributed by atoms with Crippen LogP contribution in [0.25, 0.3) is 11.1 Å². The van der Waals surface area contributed by atoms with Crippen LogP contribution in [0, 0.1) is 17.0 Å². The zero-order valence-corrected chi connectivity index (χ0v) is 13.4. The molecule has 24 heavy (non-hydrogen) atoms. The molecule has 0 radical (unpaired) electrons. The number of pyridine rings is 1. The highest BCUT2D eigenvalue weighted by atomic mass is 16.6. The molecule has 7 nitrogen and oxygen atoms in total. The van der Waals surface area contributed by atoms with Gasteiger partial charge in [0.25, 0.3) is 0 Å². The van der Waals surface area contributed by atoms with Crippen molar-refractivity contribution in [3.63, 3.8) is 0 Å². The van der Waals surface area contributed by atoms with Gasteiger partial charge in [0.15, 0.2) is 0 Å². The Hall–Kier alpha value is -3.22. The van der Waals surface area contributed by atoms with Crippen LogP contribution in [0.5, 0.6) is 0 Å². The average molecular weight is 323 g/mol. The molecule has 122 valence electrons. The maximum absolute atomic E-state index is 11.2. The van der Waals surface area contributed by atoms with Crippen molar-refractivity contribution in [2.45, 2.75) is 13.5 Å². The van der Waals surface area contributed by atoms with Crippen LogP contribution in [-0.2, 0) is 13.6 Å². The Morgan fingerprint density at radius 3 is 2.83 bits per heavy atom. The molecule has 0 bridgehead atoms. The van der Waals surface area contributed by atoms with Crippen LogP contribution in [0.15, 0.2) is 48.9 Å². The van der Waals surface area contributed by atoms with E-state index in [1.54, 1.807) is 30.1 Å². The SMILES string of the molecule is Cc1ccnc(NCc2cccc(-c3cnn(C)c3)c2)c1[N+](=O)[O-]. The number of rotatable bonds is 5. The van der Waals surface area contributed by atoms with Crippen molar-refractivity contribution >= 4 is 11.5 Å². The summed E-state index contributed by atoms with van der Waals surface area (Å²) in [5.41, 5.74) is 3.68. The number of hydrogen-bond donors (Lipinski definition) is 1. The third-order valence-electron chi connectivity index (χ3n) is 3.73. The van der Waals surface area contributed by atoms with Crippen LogP contribution in [0.1, 0.15) is 11.1 Å². The van der Waals surface area contributed by atoms with E-state index in [2.05, 4.69) is 15.4 Å². The van der Waals surface area contributed by atoms with Crippen LogP contribution in [0.2, 0.25) is 0 Å². The normalized spacial score (nSPS) is 10.6. The highest BCUT2D eigenvalue weighted by molar-refractivity contribution is 5.63. The predicted molar refractivity (Wildman–Crippen MR) is 91.6 cm³/mol. The smallest absolute Gasteiger partial charge is 0.314 e. The number of hydrogen-bond acceptors (Lipinski definition) is 5. The fraction of sp³-hybridized carbons (Fsp3) is 0.176. The summed E-state index contributed by atoms with van der Waals surface area (Å²) < 4.78 is 1.75. The van der Waals surface area contributed by atoms with Crippen molar-refractivity contribution in [3.8, 4) is 11.1 Å². The predicted octanol–water partition coefficient (Wildman–Crippen LogP) is 3.31. The zero-order chi connectivity index (χ0) is 17.1. The van der Waals surface area contributed by atoms with E-state index in [0.717, 1.165) is 16.7 Å². The highest BCUT2D eigenvalue weighted by Crippen LogP contribution is 2.26. The van der Waals surface area contributed by atoms with Crippen molar-refractivity contribution < 1.29 is 4.92 Å². The minimum absolute atomic E-state index is 0.0147. The molecule has 0 unspecified atom stereocenters. The van der Waals surface area contributed by atoms with Crippen molar-refractivity contribution in [2.75, 3.05) is 5.32 Å². The van der Waals surface area contributed by atoms with Gasteiger partial charge in [-0.15, -0.1) is 0 Å². The lowest BCUT2D eigenvalue weighted by molar-refractivity contribution is -0.384. The standard InChI is InChI=1S/C17H17N5O2/c1-12-6-7-18-17(16(12)22(23)24)19-9-13-4-3-5-14(8-13)15-10-20-21(2)11-15/h3-8,10-11H,9H2,1-2H3,(H,18,19). The second kappa shape index (κ2) is 6.49. The average Bonchev–Trinajstić information content (AvgIpc) is 2.99. The van der Waals surface area contributed by atoms with Crippen molar-refractivity contribution in [2.24, 2.45) is 7.05 Å². The molecule has 1 aromatic carbocycles. The molecule has 0 aliphatic rings. The van der Waals surface area contributed by atoms with Gasteiger partial charge in [-0.05, 0) is 30.2 Å². The summed E-state index contributed by atoms with van der Waals surface area (Å²) in [6, 6.07) is 9.60. The summed E-state index contributed by atoms with van der Waals surface area (Å²) >= 11 is 0. The molecule has 0 saturated carbocycles. The van der Waals surface area contributed by atoms with Crippen LogP contribution in [0.3, 0.4) is 0 Å². The Morgan fingerprint density at radius 1 is 1.29 bits per heavy atom. The molecule has 0 fully saturated rings. The van der Waals surface area contributed by atoms with Gasteiger partial charge >= 0.3 is 5.69 Å². The summed E-state index contributed by atoms with van der Waals surface area (Å²) in [5.74, 6) is 0.284. The summed E-state index contributed by atoms with van der Waals surface area (Å²) in [4.78, 5) is 14.9. The monoisotopic (exact) mass is 323 g/mol. The molecule has 0 amide bonds. The summed E-state index contributed by atoms with van der Waals surface area (Å²) in [6.07, 6.45) is 5.32. The van der Waals surface area contributed by atoms with E-state index in [-0.39, 0.29) is 11.5 Å². The number of aryl methyl sites for hydroxylation is 2. The van der Waals surface area contributed by atoms with Gasteiger partial charge in [-0.25, -0.2) is 4.98 Å². The van der Waals surface area contributed by atoms with Crippen LogP contribution >= 0.6 is 0 Å². The van der Waals surface area contributed by atoms with Crippen LogP contribution in [0.4, 0.5) is 11.5 Å². The van der Waals surface area contributed by atoms with E-state index >= 15 is 0 Å². The topological polar surface area (TPSA) is 85.9 Å². The van der Waals surface area contributed by atoms with E-state index in [0.29, 0.717) is 12.1 Å². The molecule has 0 atom stereocenters. The second-order valence-corrected chi connectivity index (χ2v) is 5.54. The molecular weight excluding hydrogens is 306 g/mol. The van der Waals surface area contributed by atoms with Crippen LogP contribution in [-0.4, -0.2) is 19.7 Å². The third kappa shape index (κ3) is 3.24. The van der Waals surface area contributed by atoms with Crippen LogP contribution < -0.4 is 5.32 Å². The summed E-state index contributed by atoms with van der Waals surface area (Å²) in [7, 11) is 1.87. The zero-order valence-electron chi connectivity index (χ0n) is 13.4. The minimum atomic E-state index is -0.406. The Labute approximate surface area is 139 Å². The number of benzene rings is 1. The molecule has 0 aliphatic heterocycles. The van der Waals surface area contributed by atoms with Gasteiger partial charge in [0.2, 0.25) is 5.82 Å². The maximum atomic E-state index is 11.2. The molecule has 0 spiro atoms. The first kappa shape index (κ1) is 15.7.